The first-order valence-corrected chi connectivity index (χ1v) is 7.62. The van der Waals surface area contributed by atoms with Crippen LogP contribution < -0.4 is 16.0 Å². The largest absolute Gasteiger partial charge is 0.357 e. The van der Waals surface area contributed by atoms with Crippen molar-refractivity contribution in [3.63, 3.8) is 0 Å². The Labute approximate surface area is 143 Å². The molecule has 2 atom stereocenters. The molecule has 23 heavy (non-hydrogen) atoms. The minimum Gasteiger partial charge on any atom is -0.357 e. The summed E-state index contributed by atoms with van der Waals surface area (Å²) in [6.45, 7) is 5.00. The predicted molar refractivity (Wildman–Crippen MR) is 92.5 cm³/mol. The van der Waals surface area contributed by atoms with Crippen LogP contribution in [0.5, 0.6) is 0 Å². The van der Waals surface area contributed by atoms with Crippen LogP contribution in [0.2, 0.25) is 0 Å². The third-order valence-electron chi connectivity index (χ3n) is 3.93. The Morgan fingerprint density at radius 2 is 2.04 bits per heavy atom. The van der Waals surface area contributed by atoms with E-state index >= 15 is 0 Å². The summed E-state index contributed by atoms with van der Waals surface area (Å²) >= 11 is 0. The molecule has 0 radical (unpaired) electrons. The number of halogens is 1. The van der Waals surface area contributed by atoms with Gasteiger partial charge in [0.2, 0.25) is 11.8 Å². The van der Waals surface area contributed by atoms with E-state index in [-0.39, 0.29) is 24.2 Å². The number of rotatable bonds is 5. The average molecular weight is 341 g/mol. The van der Waals surface area contributed by atoms with Gasteiger partial charge in [0.15, 0.2) is 0 Å². The van der Waals surface area contributed by atoms with Gasteiger partial charge in [-0.2, -0.15) is 0 Å². The maximum Gasteiger partial charge on any atom is 0.246 e. The zero-order valence-electron chi connectivity index (χ0n) is 13.5. The van der Waals surface area contributed by atoms with E-state index in [1.54, 1.807) is 7.05 Å². The summed E-state index contributed by atoms with van der Waals surface area (Å²) in [4.78, 5) is 26.5. The Bertz CT molecular complexity index is 512. The minimum absolute atomic E-state index is 0. The summed E-state index contributed by atoms with van der Waals surface area (Å²) in [6, 6.07) is 8.94. The van der Waals surface area contributed by atoms with Crippen LogP contribution in [0.15, 0.2) is 30.3 Å². The molecule has 0 aromatic heterocycles. The molecule has 128 valence electrons. The molecule has 3 N–H and O–H groups in total. The van der Waals surface area contributed by atoms with Gasteiger partial charge in [0.25, 0.3) is 0 Å². The lowest BCUT2D eigenvalue weighted by Gasteiger charge is -2.33. The lowest BCUT2D eigenvalue weighted by Crippen LogP contribution is -2.53. The van der Waals surface area contributed by atoms with E-state index in [9.17, 15) is 9.59 Å². The molecule has 1 heterocycles. The summed E-state index contributed by atoms with van der Waals surface area (Å²) in [5.74, 6) is -0.348. The molecule has 6 nitrogen and oxygen atoms in total. The SMILES string of the molecule is CNC(=O)C(NC(=O)CN1CCNC[C@H]1C)c1ccccc1.Cl. The van der Waals surface area contributed by atoms with Crippen LogP contribution in [0, 0.1) is 0 Å². The predicted octanol–water partition coefficient (Wildman–Crippen LogP) is 0.305. The lowest BCUT2D eigenvalue weighted by atomic mass is 10.1. The lowest BCUT2D eigenvalue weighted by molar-refractivity contribution is -0.129. The van der Waals surface area contributed by atoms with Crippen LogP contribution in [0.25, 0.3) is 0 Å². The highest BCUT2D eigenvalue weighted by Gasteiger charge is 2.25. The van der Waals surface area contributed by atoms with Gasteiger partial charge in [0.1, 0.15) is 6.04 Å². The molecular weight excluding hydrogens is 316 g/mol. The molecule has 1 saturated heterocycles. The van der Waals surface area contributed by atoms with E-state index in [1.807, 2.05) is 30.3 Å². The van der Waals surface area contributed by atoms with Crippen molar-refractivity contribution in [1.29, 1.82) is 0 Å². The second kappa shape index (κ2) is 9.50. The normalized spacial score (nSPS) is 19.3. The molecule has 1 aromatic carbocycles. The van der Waals surface area contributed by atoms with Crippen molar-refractivity contribution in [2.75, 3.05) is 33.2 Å². The Balaban J connectivity index is 0.00000264. The number of piperazine rings is 1. The van der Waals surface area contributed by atoms with Gasteiger partial charge in [-0.05, 0) is 12.5 Å². The Kier molecular flexibility index (Phi) is 8.02. The molecule has 0 spiro atoms. The summed E-state index contributed by atoms with van der Waals surface area (Å²) in [7, 11) is 1.57. The Morgan fingerprint density at radius 3 is 2.65 bits per heavy atom. The number of hydrogen-bond donors (Lipinski definition) is 3. The van der Waals surface area contributed by atoms with Gasteiger partial charge < -0.3 is 16.0 Å². The van der Waals surface area contributed by atoms with E-state index in [0.29, 0.717) is 12.6 Å². The first-order chi connectivity index (χ1) is 10.6. The average Bonchev–Trinajstić information content (AvgIpc) is 2.55. The van der Waals surface area contributed by atoms with E-state index in [4.69, 9.17) is 0 Å². The Hall–Kier alpha value is -1.63. The number of likely N-dealkylation sites (N-methyl/N-ethyl adjacent to an activating group) is 1. The highest BCUT2D eigenvalue weighted by molar-refractivity contribution is 5.89. The maximum atomic E-state index is 12.3. The standard InChI is InChI=1S/C16H24N4O2.ClH/c1-12-10-18-8-9-20(12)11-14(21)19-15(16(22)17-2)13-6-4-3-5-7-13;/h3-7,12,15,18H,8-11H2,1-2H3,(H,17,22)(H,19,21);1H/t12-,15?;/m1./s1. The molecule has 1 unspecified atom stereocenters. The first kappa shape index (κ1) is 19.4. The fourth-order valence-corrected chi connectivity index (χ4v) is 2.60. The number of amides is 2. The highest BCUT2D eigenvalue weighted by Crippen LogP contribution is 2.13. The minimum atomic E-state index is -0.656. The first-order valence-electron chi connectivity index (χ1n) is 7.62. The van der Waals surface area contributed by atoms with E-state index in [1.165, 1.54) is 0 Å². The van der Waals surface area contributed by atoms with Gasteiger partial charge in [0.05, 0.1) is 6.54 Å². The van der Waals surface area contributed by atoms with E-state index in [0.717, 1.165) is 25.2 Å². The van der Waals surface area contributed by atoms with Crippen LogP contribution >= 0.6 is 12.4 Å². The van der Waals surface area contributed by atoms with Crippen molar-refractivity contribution in [1.82, 2.24) is 20.9 Å². The van der Waals surface area contributed by atoms with Gasteiger partial charge in [-0.15, -0.1) is 12.4 Å². The summed E-state index contributed by atoms with van der Waals surface area (Å²) in [5, 5.41) is 8.74. The van der Waals surface area contributed by atoms with Crippen LogP contribution in [0.1, 0.15) is 18.5 Å². The van der Waals surface area contributed by atoms with Crippen molar-refractivity contribution >= 4 is 24.2 Å². The van der Waals surface area contributed by atoms with Gasteiger partial charge in [0, 0.05) is 32.7 Å². The number of hydrogen-bond acceptors (Lipinski definition) is 4. The molecule has 1 aliphatic rings. The molecule has 0 saturated carbocycles. The van der Waals surface area contributed by atoms with Crippen LogP contribution in [-0.2, 0) is 9.59 Å². The molecular formula is C16H25ClN4O2. The van der Waals surface area contributed by atoms with Crippen molar-refractivity contribution in [2.45, 2.75) is 19.0 Å². The Morgan fingerprint density at radius 1 is 1.35 bits per heavy atom. The van der Waals surface area contributed by atoms with Crippen LogP contribution in [0.4, 0.5) is 0 Å². The number of carbonyl (C=O) groups excluding carboxylic acids is 2. The molecule has 0 aliphatic carbocycles. The second-order valence-electron chi connectivity index (χ2n) is 5.55. The summed E-state index contributed by atoms with van der Waals surface area (Å²) in [6.07, 6.45) is 0. The van der Waals surface area contributed by atoms with Crippen LogP contribution in [0.3, 0.4) is 0 Å². The monoisotopic (exact) mass is 340 g/mol. The quantitative estimate of drug-likeness (QED) is 0.721. The maximum absolute atomic E-state index is 12.3. The molecule has 2 rings (SSSR count). The van der Waals surface area contributed by atoms with Gasteiger partial charge in [-0.1, -0.05) is 30.3 Å². The zero-order valence-corrected chi connectivity index (χ0v) is 14.4. The summed E-state index contributed by atoms with van der Waals surface area (Å²) < 4.78 is 0. The van der Waals surface area contributed by atoms with Gasteiger partial charge in [-0.25, -0.2) is 0 Å². The van der Waals surface area contributed by atoms with E-state index < -0.39 is 6.04 Å². The fraction of sp³-hybridized carbons (Fsp3) is 0.500. The topological polar surface area (TPSA) is 73.5 Å². The second-order valence-corrected chi connectivity index (χ2v) is 5.55. The number of benzene rings is 1. The zero-order chi connectivity index (χ0) is 15.9. The summed E-state index contributed by atoms with van der Waals surface area (Å²) in [5.41, 5.74) is 0.781. The van der Waals surface area contributed by atoms with Gasteiger partial charge >= 0.3 is 0 Å². The number of nitrogens with zero attached hydrogens (tertiary/aromatic N) is 1. The smallest absolute Gasteiger partial charge is 0.246 e. The molecule has 7 heteroatoms. The van der Waals surface area contributed by atoms with Crippen molar-refractivity contribution in [3.8, 4) is 0 Å². The van der Waals surface area contributed by atoms with Crippen molar-refractivity contribution in [2.24, 2.45) is 0 Å². The van der Waals surface area contributed by atoms with Crippen LogP contribution in [-0.4, -0.2) is 56.0 Å². The molecule has 0 bridgehead atoms. The van der Waals surface area contributed by atoms with Crippen molar-refractivity contribution < 1.29 is 9.59 Å². The third kappa shape index (κ3) is 5.49. The highest BCUT2D eigenvalue weighted by atomic mass is 35.5. The molecule has 1 fully saturated rings. The fourth-order valence-electron chi connectivity index (χ4n) is 2.60. The number of nitrogens with one attached hydrogen (secondary N) is 3. The number of carbonyl (C=O) groups is 2. The molecule has 2 amide bonds. The van der Waals surface area contributed by atoms with E-state index in [2.05, 4.69) is 27.8 Å². The molecule has 1 aromatic rings. The molecule has 1 aliphatic heterocycles. The van der Waals surface area contributed by atoms with Gasteiger partial charge in [-0.3, -0.25) is 14.5 Å². The van der Waals surface area contributed by atoms with Crippen molar-refractivity contribution in [3.05, 3.63) is 35.9 Å². The third-order valence-corrected chi connectivity index (χ3v) is 3.93.